The summed E-state index contributed by atoms with van der Waals surface area (Å²) in [5, 5.41) is 15.1. The first kappa shape index (κ1) is 20.0. The van der Waals surface area contributed by atoms with Gasteiger partial charge in [0.2, 0.25) is 0 Å². The van der Waals surface area contributed by atoms with Crippen LogP contribution in [0.25, 0.3) is 10.8 Å². The average Bonchev–Trinajstić information content (AvgIpc) is 3.24. The normalized spacial score (nSPS) is 15.4. The zero-order valence-corrected chi connectivity index (χ0v) is 17.8. The summed E-state index contributed by atoms with van der Waals surface area (Å²) < 4.78 is 0. The Morgan fingerprint density at radius 2 is 1.81 bits per heavy atom. The second-order valence-electron chi connectivity index (χ2n) is 7.61. The van der Waals surface area contributed by atoms with Crippen molar-refractivity contribution in [2.75, 3.05) is 17.6 Å². The van der Waals surface area contributed by atoms with Crippen LogP contribution in [-0.4, -0.2) is 33.5 Å². The van der Waals surface area contributed by atoms with Gasteiger partial charge >= 0.3 is 6.09 Å². The molecule has 8 heteroatoms. The number of benzene rings is 3. The SMILES string of the molecule is Nc1ccccc1NC(=O)c1nc2c(s1)C(c1ccc3ccccc3c1)N(C(=O)O)CC2. The van der Waals surface area contributed by atoms with Gasteiger partial charge in [0.15, 0.2) is 5.01 Å². The lowest BCUT2D eigenvalue weighted by Crippen LogP contribution is -2.39. The lowest BCUT2D eigenvalue weighted by Gasteiger charge is -2.33. The molecule has 0 bridgehead atoms. The van der Waals surface area contributed by atoms with Crippen molar-refractivity contribution < 1.29 is 14.7 Å². The van der Waals surface area contributed by atoms with E-state index < -0.39 is 12.1 Å². The third-order valence-corrected chi connectivity index (χ3v) is 6.76. The maximum Gasteiger partial charge on any atom is 0.408 e. The zero-order valence-electron chi connectivity index (χ0n) is 17.0. The van der Waals surface area contributed by atoms with Crippen LogP contribution >= 0.6 is 11.3 Å². The number of fused-ring (bicyclic) bond motifs is 2. The molecule has 0 fully saturated rings. The summed E-state index contributed by atoms with van der Waals surface area (Å²) in [6.07, 6.45) is -0.534. The number of hydrogen-bond donors (Lipinski definition) is 3. The van der Waals surface area contributed by atoms with Gasteiger partial charge in [0.05, 0.1) is 28.0 Å². The first-order valence-electron chi connectivity index (χ1n) is 10.1. The van der Waals surface area contributed by atoms with Crippen molar-refractivity contribution in [2.45, 2.75) is 12.5 Å². The molecule has 1 aliphatic heterocycles. The van der Waals surface area contributed by atoms with E-state index in [-0.39, 0.29) is 10.9 Å². The Balaban J connectivity index is 1.54. The quantitative estimate of drug-likeness (QED) is 0.395. The number of carboxylic acid groups (broad SMARTS) is 1. The topological polar surface area (TPSA) is 109 Å². The third kappa shape index (κ3) is 3.54. The number of carbonyl (C=O) groups excluding carboxylic acids is 1. The summed E-state index contributed by atoms with van der Waals surface area (Å²) >= 11 is 1.23. The minimum atomic E-state index is -0.995. The molecule has 1 atom stereocenters. The molecule has 1 unspecified atom stereocenters. The molecular formula is C24H20N4O3S. The number of aromatic nitrogens is 1. The van der Waals surface area contributed by atoms with E-state index in [9.17, 15) is 14.7 Å². The van der Waals surface area contributed by atoms with Gasteiger partial charge in [-0.3, -0.25) is 9.69 Å². The van der Waals surface area contributed by atoms with Crippen LogP contribution < -0.4 is 11.1 Å². The highest BCUT2D eigenvalue weighted by atomic mass is 32.1. The third-order valence-electron chi connectivity index (χ3n) is 5.62. The van der Waals surface area contributed by atoms with Gasteiger partial charge in [-0.1, -0.05) is 48.5 Å². The number of nitrogens with one attached hydrogen (secondary N) is 1. The summed E-state index contributed by atoms with van der Waals surface area (Å²) in [6.45, 7) is 0.316. The number of para-hydroxylation sites is 2. The molecule has 160 valence electrons. The second-order valence-corrected chi connectivity index (χ2v) is 8.64. The molecule has 1 aromatic heterocycles. The van der Waals surface area contributed by atoms with Crippen molar-refractivity contribution in [1.29, 1.82) is 0 Å². The second kappa shape index (κ2) is 7.97. The summed E-state index contributed by atoms with van der Waals surface area (Å²) in [4.78, 5) is 31.7. The van der Waals surface area contributed by atoms with E-state index in [0.29, 0.717) is 24.3 Å². The van der Waals surface area contributed by atoms with Crippen molar-refractivity contribution in [3.63, 3.8) is 0 Å². The summed E-state index contributed by atoms with van der Waals surface area (Å²) in [5.74, 6) is -0.360. The molecule has 0 saturated heterocycles. The number of nitrogen functional groups attached to an aromatic ring is 1. The van der Waals surface area contributed by atoms with Crippen molar-refractivity contribution in [3.05, 3.63) is 87.9 Å². The largest absolute Gasteiger partial charge is 0.465 e. The van der Waals surface area contributed by atoms with Crippen LogP contribution in [0.2, 0.25) is 0 Å². The monoisotopic (exact) mass is 444 g/mol. The van der Waals surface area contributed by atoms with Crippen LogP contribution in [0.3, 0.4) is 0 Å². The molecule has 7 nitrogen and oxygen atoms in total. The number of carbonyl (C=O) groups is 2. The molecule has 2 amide bonds. The fourth-order valence-corrected chi connectivity index (χ4v) is 5.20. The Labute approximate surface area is 188 Å². The number of amides is 2. The highest BCUT2D eigenvalue weighted by Gasteiger charge is 2.35. The van der Waals surface area contributed by atoms with E-state index in [1.54, 1.807) is 24.3 Å². The number of nitrogens with zero attached hydrogens (tertiary/aromatic N) is 2. The molecule has 0 aliphatic carbocycles. The summed E-state index contributed by atoms with van der Waals surface area (Å²) in [6, 6.07) is 20.4. The molecule has 1 aliphatic rings. The fraction of sp³-hybridized carbons (Fsp3) is 0.125. The van der Waals surface area contributed by atoms with E-state index in [1.807, 2.05) is 42.5 Å². The molecule has 4 N–H and O–H groups in total. The molecule has 3 aromatic carbocycles. The van der Waals surface area contributed by atoms with Gasteiger partial charge in [0, 0.05) is 13.0 Å². The van der Waals surface area contributed by atoms with Gasteiger partial charge in [-0.25, -0.2) is 9.78 Å². The van der Waals surface area contributed by atoms with Gasteiger partial charge in [-0.2, -0.15) is 0 Å². The molecule has 5 rings (SSSR count). The smallest absolute Gasteiger partial charge is 0.408 e. The highest BCUT2D eigenvalue weighted by Crippen LogP contribution is 2.40. The number of anilines is 2. The summed E-state index contributed by atoms with van der Waals surface area (Å²) in [5.41, 5.74) is 8.54. The van der Waals surface area contributed by atoms with Gasteiger partial charge in [-0.05, 0) is 34.5 Å². The van der Waals surface area contributed by atoms with Gasteiger partial charge in [-0.15, -0.1) is 11.3 Å². The van der Waals surface area contributed by atoms with Crippen molar-refractivity contribution in [3.8, 4) is 0 Å². The van der Waals surface area contributed by atoms with E-state index >= 15 is 0 Å². The standard InChI is InChI=1S/C24H20N4O3S/c25-17-7-3-4-8-18(17)26-22(29)23-27-19-11-12-28(24(30)31)20(21(19)32-23)16-10-9-14-5-1-2-6-15(14)13-16/h1-10,13,20H,11-12,25H2,(H,26,29)(H,30,31). The lowest BCUT2D eigenvalue weighted by molar-refractivity contribution is 0.102. The average molecular weight is 445 g/mol. The predicted molar refractivity (Wildman–Crippen MR) is 125 cm³/mol. The molecule has 0 spiro atoms. The Hall–Kier alpha value is -3.91. The van der Waals surface area contributed by atoms with E-state index in [2.05, 4.69) is 10.3 Å². The number of rotatable bonds is 3. The number of thiazole rings is 1. The van der Waals surface area contributed by atoms with Crippen molar-refractivity contribution >= 4 is 45.5 Å². The molecule has 0 radical (unpaired) electrons. The Bertz CT molecular complexity index is 1350. The molecule has 2 heterocycles. The van der Waals surface area contributed by atoms with Crippen molar-refractivity contribution in [1.82, 2.24) is 9.88 Å². The van der Waals surface area contributed by atoms with Crippen LogP contribution in [0.4, 0.5) is 16.2 Å². The number of hydrogen-bond acceptors (Lipinski definition) is 5. The Morgan fingerprint density at radius 3 is 2.59 bits per heavy atom. The fourth-order valence-electron chi connectivity index (χ4n) is 4.05. The van der Waals surface area contributed by atoms with Crippen molar-refractivity contribution in [2.24, 2.45) is 0 Å². The Kier molecular flexibility index (Phi) is 4.99. The van der Waals surface area contributed by atoms with Crippen LogP contribution in [0.1, 0.15) is 32.0 Å². The highest BCUT2D eigenvalue weighted by molar-refractivity contribution is 7.14. The van der Waals surface area contributed by atoms with Crippen LogP contribution in [0.5, 0.6) is 0 Å². The zero-order chi connectivity index (χ0) is 22.2. The maximum atomic E-state index is 12.9. The summed E-state index contributed by atoms with van der Waals surface area (Å²) in [7, 11) is 0. The van der Waals surface area contributed by atoms with E-state index in [4.69, 9.17) is 5.73 Å². The molecule has 0 saturated carbocycles. The van der Waals surface area contributed by atoms with Crippen LogP contribution in [0.15, 0.2) is 66.7 Å². The van der Waals surface area contributed by atoms with Crippen LogP contribution in [-0.2, 0) is 6.42 Å². The minimum Gasteiger partial charge on any atom is -0.465 e. The lowest BCUT2D eigenvalue weighted by atomic mass is 9.96. The van der Waals surface area contributed by atoms with Gasteiger partial charge in [0.25, 0.3) is 5.91 Å². The van der Waals surface area contributed by atoms with Gasteiger partial charge in [0.1, 0.15) is 0 Å². The minimum absolute atomic E-state index is 0.288. The molecule has 32 heavy (non-hydrogen) atoms. The predicted octanol–water partition coefficient (Wildman–Crippen LogP) is 4.76. The first-order chi connectivity index (χ1) is 15.5. The maximum absolute atomic E-state index is 12.9. The van der Waals surface area contributed by atoms with E-state index in [1.165, 1.54) is 16.2 Å². The van der Waals surface area contributed by atoms with E-state index in [0.717, 1.165) is 26.9 Å². The van der Waals surface area contributed by atoms with Crippen LogP contribution in [0, 0.1) is 0 Å². The van der Waals surface area contributed by atoms with Gasteiger partial charge < -0.3 is 16.2 Å². The number of nitrogens with two attached hydrogens (primary N) is 1. The Morgan fingerprint density at radius 1 is 1.06 bits per heavy atom. The molecular weight excluding hydrogens is 424 g/mol. The first-order valence-corrected chi connectivity index (χ1v) is 11.0. The molecule has 4 aromatic rings.